The van der Waals surface area contributed by atoms with Gasteiger partial charge in [0, 0.05) is 17.7 Å². The molecule has 1 aromatic heterocycles. The molecule has 0 radical (unpaired) electrons. The Morgan fingerprint density at radius 2 is 2.08 bits per heavy atom. The SMILES string of the molecule is CC(C(=O)c1ccc2c(c1)NC(=O)CO2)n1cc([N+](=O)[O-])ccc1=O. The number of aromatic nitrogens is 1. The van der Waals surface area contributed by atoms with Crippen LogP contribution < -0.4 is 15.6 Å². The van der Waals surface area contributed by atoms with E-state index in [2.05, 4.69) is 5.32 Å². The Labute approximate surface area is 141 Å². The van der Waals surface area contributed by atoms with Gasteiger partial charge in [-0.1, -0.05) is 0 Å². The van der Waals surface area contributed by atoms with Crippen LogP contribution in [0.4, 0.5) is 11.4 Å². The highest BCUT2D eigenvalue weighted by atomic mass is 16.6. The smallest absolute Gasteiger partial charge is 0.285 e. The van der Waals surface area contributed by atoms with E-state index in [9.17, 15) is 24.5 Å². The van der Waals surface area contributed by atoms with E-state index in [-0.39, 0.29) is 23.8 Å². The normalized spacial score (nSPS) is 14.0. The summed E-state index contributed by atoms with van der Waals surface area (Å²) in [6, 6.07) is 5.69. The number of nitrogens with one attached hydrogen (secondary N) is 1. The Balaban J connectivity index is 1.95. The van der Waals surface area contributed by atoms with Gasteiger partial charge in [0.1, 0.15) is 5.75 Å². The molecule has 0 saturated carbocycles. The molecule has 0 fully saturated rings. The van der Waals surface area contributed by atoms with Crippen molar-refractivity contribution in [3.8, 4) is 5.75 Å². The molecule has 0 aliphatic carbocycles. The second-order valence-electron chi connectivity index (χ2n) is 5.48. The Kier molecular flexibility index (Phi) is 4.05. The summed E-state index contributed by atoms with van der Waals surface area (Å²) in [4.78, 5) is 46.2. The Bertz CT molecular complexity index is 949. The van der Waals surface area contributed by atoms with Gasteiger partial charge in [0.2, 0.25) is 0 Å². The third kappa shape index (κ3) is 3.11. The van der Waals surface area contributed by atoms with Gasteiger partial charge in [-0.05, 0) is 25.1 Å². The van der Waals surface area contributed by atoms with Crippen molar-refractivity contribution in [1.82, 2.24) is 4.57 Å². The number of fused-ring (bicyclic) bond motifs is 1. The molecule has 9 heteroatoms. The summed E-state index contributed by atoms with van der Waals surface area (Å²) in [6.07, 6.45) is 1.04. The largest absolute Gasteiger partial charge is 0.482 e. The van der Waals surface area contributed by atoms with E-state index in [1.165, 1.54) is 19.1 Å². The monoisotopic (exact) mass is 343 g/mol. The minimum atomic E-state index is -0.953. The van der Waals surface area contributed by atoms with Crippen molar-refractivity contribution in [2.45, 2.75) is 13.0 Å². The van der Waals surface area contributed by atoms with E-state index < -0.39 is 22.3 Å². The van der Waals surface area contributed by atoms with Gasteiger partial charge in [0.05, 0.1) is 22.8 Å². The zero-order valence-corrected chi connectivity index (χ0v) is 13.1. The van der Waals surface area contributed by atoms with Crippen molar-refractivity contribution in [2.24, 2.45) is 0 Å². The molecule has 128 valence electrons. The number of anilines is 1. The number of ether oxygens (including phenoxy) is 1. The fourth-order valence-corrected chi connectivity index (χ4v) is 2.51. The van der Waals surface area contributed by atoms with Crippen LogP contribution in [0.5, 0.6) is 5.75 Å². The van der Waals surface area contributed by atoms with E-state index in [4.69, 9.17) is 4.74 Å². The molecule has 1 aromatic carbocycles. The summed E-state index contributed by atoms with van der Waals surface area (Å²) in [5.41, 5.74) is -0.206. The Morgan fingerprint density at radius 1 is 1.32 bits per heavy atom. The van der Waals surface area contributed by atoms with E-state index in [0.29, 0.717) is 11.4 Å². The first-order valence-corrected chi connectivity index (χ1v) is 7.34. The lowest BCUT2D eigenvalue weighted by Gasteiger charge is -2.19. The molecule has 1 atom stereocenters. The summed E-state index contributed by atoms with van der Waals surface area (Å²) in [5.74, 6) is -0.318. The summed E-state index contributed by atoms with van der Waals surface area (Å²) in [7, 11) is 0. The number of ketones is 1. The molecule has 0 spiro atoms. The fraction of sp³-hybridized carbons (Fsp3) is 0.188. The molecular formula is C16H13N3O6. The lowest BCUT2D eigenvalue weighted by atomic mass is 10.0. The number of carbonyl (C=O) groups excluding carboxylic acids is 2. The minimum Gasteiger partial charge on any atom is -0.482 e. The predicted octanol–water partition coefficient (Wildman–Crippen LogP) is 1.53. The maximum Gasteiger partial charge on any atom is 0.285 e. The highest BCUT2D eigenvalue weighted by molar-refractivity contribution is 6.02. The molecule has 9 nitrogen and oxygen atoms in total. The first-order chi connectivity index (χ1) is 11.9. The first-order valence-electron chi connectivity index (χ1n) is 7.34. The van der Waals surface area contributed by atoms with E-state index >= 15 is 0 Å². The summed E-state index contributed by atoms with van der Waals surface area (Å²) < 4.78 is 6.23. The molecule has 0 bridgehead atoms. The van der Waals surface area contributed by atoms with Crippen LogP contribution in [0.15, 0.2) is 41.3 Å². The van der Waals surface area contributed by atoms with Gasteiger partial charge in [0.25, 0.3) is 17.2 Å². The number of nitrogens with zero attached hydrogens (tertiary/aromatic N) is 2. The molecular weight excluding hydrogens is 330 g/mol. The van der Waals surface area contributed by atoms with E-state index in [1.54, 1.807) is 6.07 Å². The highest BCUT2D eigenvalue weighted by Crippen LogP contribution is 2.29. The molecule has 2 heterocycles. The van der Waals surface area contributed by atoms with Gasteiger partial charge in [-0.15, -0.1) is 0 Å². The minimum absolute atomic E-state index is 0.0974. The second kappa shape index (κ2) is 6.19. The van der Waals surface area contributed by atoms with Crippen LogP contribution in [-0.2, 0) is 4.79 Å². The number of amides is 1. The number of carbonyl (C=O) groups is 2. The topological polar surface area (TPSA) is 121 Å². The third-order valence-electron chi connectivity index (χ3n) is 3.83. The number of benzene rings is 1. The highest BCUT2D eigenvalue weighted by Gasteiger charge is 2.23. The average Bonchev–Trinajstić information content (AvgIpc) is 2.60. The van der Waals surface area contributed by atoms with Gasteiger partial charge in [-0.2, -0.15) is 0 Å². The maximum absolute atomic E-state index is 12.7. The van der Waals surface area contributed by atoms with Crippen molar-refractivity contribution < 1.29 is 19.2 Å². The molecule has 3 rings (SSSR count). The van der Waals surface area contributed by atoms with Gasteiger partial charge in [-0.3, -0.25) is 29.1 Å². The number of hydrogen-bond acceptors (Lipinski definition) is 6. The summed E-state index contributed by atoms with van der Waals surface area (Å²) in [5, 5.41) is 13.5. The van der Waals surface area contributed by atoms with Crippen LogP contribution >= 0.6 is 0 Å². The van der Waals surface area contributed by atoms with Crippen LogP contribution in [-0.4, -0.2) is 27.8 Å². The number of hydrogen-bond donors (Lipinski definition) is 1. The molecule has 1 amide bonds. The van der Waals surface area contributed by atoms with Crippen LogP contribution in [0.3, 0.4) is 0 Å². The van der Waals surface area contributed by atoms with Crippen molar-refractivity contribution in [2.75, 3.05) is 11.9 Å². The van der Waals surface area contributed by atoms with Crippen LogP contribution in [0.25, 0.3) is 0 Å². The zero-order chi connectivity index (χ0) is 18.1. The number of rotatable bonds is 4. The number of nitro groups is 1. The second-order valence-corrected chi connectivity index (χ2v) is 5.48. The van der Waals surface area contributed by atoms with Gasteiger partial charge >= 0.3 is 0 Å². The number of Topliss-reactive ketones (excluding diaryl/α,β-unsaturated/α-hetero) is 1. The fourth-order valence-electron chi connectivity index (χ4n) is 2.51. The standard InChI is InChI=1S/C16H13N3O6/c1-9(18-7-11(19(23)24)3-5-15(18)21)16(22)10-2-4-13-12(6-10)17-14(20)8-25-13/h2-7,9H,8H2,1H3,(H,17,20). The Morgan fingerprint density at radius 3 is 2.80 bits per heavy atom. The van der Waals surface area contributed by atoms with Crippen LogP contribution in [0.2, 0.25) is 0 Å². The molecule has 0 saturated heterocycles. The summed E-state index contributed by atoms with van der Waals surface area (Å²) in [6.45, 7) is 1.38. The van der Waals surface area contributed by atoms with Crippen molar-refractivity contribution >= 4 is 23.1 Å². The van der Waals surface area contributed by atoms with Crippen LogP contribution in [0.1, 0.15) is 23.3 Å². The van der Waals surface area contributed by atoms with Crippen LogP contribution in [0, 0.1) is 10.1 Å². The lowest BCUT2D eigenvalue weighted by molar-refractivity contribution is -0.385. The summed E-state index contributed by atoms with van der Waals surface area (Å²) >= 11 is 0. The average molecular weight is 343 g/mol. The quantitative estimate of drug-likeness (QED) is 0.510. The Hall–Kier alpha value is -3.49. The molecule has 1 aliphatic rings. The van der Waals surface area contributed by atoms with Gasteiger partial charge in [0.15, 0.2) is 12.4 Å². The first kappa shape index (κ1) is 16.4. The molecule has 1 unspecified atom stereocenters. The van der Waals surface area contributed by atoms with Gasteiger partial charge in [-0.25, -0.2) is 0 Å². The van der Waals surface area contributed by atoms with Crippen molar-refractivity contribution in [1.29, 1.82) is 0 Å². The van der Waals surface area contributed by atoms with Crippen molar-refractivity contribution in [3.63, 3.8) is 0 Å². The van der Waals surface area contributed by atoms with Gasteiger partial charge < -0.3 is 10.1 Å². The van der Waals surface area contributed by atoms with Crippen molar-refractivity contribution in [3.05, 3.63) is 62.6 Å². The molecule has 1 aliphatic heterocycles. The predicted molar refractivity (Wildman–Crippen MR) is 87.0 cm³/mol. The van der Waals surface area contributed by atoms with E-state index in [1.807, 2.05) is 0 Å². The zero-order valence-electron chi connectivity index (χ0n) is 13.1. The number of pyridine rings is 1. The maximum atomic E-state index is 12.7. The molecule has 1 N–H and O–H groups in total. The molecule has 2 aromatic rings. The lowest BCUT2D eigenvalue weighted by Crippen LogP contribution is -2.28. The molecule has 25 heavy (non-hydrogen) atoms. The third-order valence-corrected chi connectivity index (χ3v) is 3.83. The van der Waals surface area contributed by atoms with E-state index in [0.717, 1.165) is 22.9 Å².